The maximum absolute atomic E-state index is 12.1. The van der Waals surface area contributed by atoms with Gasteiger partial charge in [0.2, 0.25) is 0 Å². The van der Waals surface area contributed by atoms with Gasteiger partial charge in [0, 0.05) is 0 Å². The largest absolute Gasteiger partial charge is 0.508 e. The van der Waals surface area contributed by atoms with E-state index in [1.54, 1.807) is 0 Å². The Balaban J connectivity index is 1.93. The van der Waals surface area contributed by atoms with Crippen LogP contribution in [0.4, 0.5) is 4.79 Å². The van der Waals surface area contributed by atoms with E-state index >= 15 is 0 Å². The highest BCUT2D eigenvalue weighted by Crippen LogP contribution is 2.30. The molecule has 4 atom stereocenters. The van der Waals surface area contributed by atoms with Crippen molar-refractivity contribution in [3.63, 3.8) is 0 Å². The number of esters is 1. The summed E-state index contributed by atoms with van der Waals surface area (Å²) in [6.45, 7) is -0.549. The summed E-state index contributed by atoms with van der Waals surface area (Å²) in [5, 5.41) is 9.05. The maximum atomic E-state index is 12.1. The van der Waals surface area contributed by atoms with Gasteiger partial charge in [0.25, 0.3) is 0 Å². The Labute approximate surface area is 141 Å². The Kier molecular flexibility index (Phi) is 7.02. The van der Waals surface area contributed by atoms with Crippen LogP contribution in [-0.2, 0) is 23.8 Å². The molecule has 136 valence electrons. The van der Waals surface area contributed by atoms with Gasteiger partial charge in [-0.05, 0) is 38.5 Å². The van der Waals surface area contributed by atoms with Crippen LogP contribution in [0.15, 0.2) is 0 Å². The van der Waals surface area contributed by atoms with E-state index in [1.807, 2.05) is 0 Å². The van der Waals surface area contributed by atoms with Gasteiger partial charge in [0.1, 0.15) is 18.8 Å². The standard InChI is InChI=1S/C17H26O7/c1-22-16(20)12-7-3-5-9-15(12)24-17(21)23-14-8-4-2-6-11(14)13(19)10-18/h11-12,14-15,18H,2-10H2,1H3. The molecule has 2 rings (SSSR count). The molecular formula is C17H26O7. The van der Waals surface area contributed by atoms with Gasteiger partial charge in [0.05, 0.1) is 18.9 Å². The smallest absolute Gasteiger partial charge is 0.469 e. The summed E-state index contributed by atoms with van der Waals surface area (Å²) in [7, 11) is 1.32. The summed E-state index contributed by atoms with van der Waals surface area (Å²) >= 11 is 0. The van der Waals surface area contributed by atoms with E-state index in [4.69, 9.17) is 19.3 Å². The lowest BCUT2D eigenvalue weighted by Gasteiger charge is -2.32. The van der Waals surface area contributed by atoms with E-state index in [-0.39, 0.29) is 11.8 Å². The Morgan fingerprint density at radius 3 is 1.92 bits per heavy atom. The molecule has 0 aromatic rings. The third-order valence-electron chi connectivity index (χ3n) is 4.97. The van der Waals surface area contributed by atoms with Crippen LogP contribution in [0.25, 0.3) is 0 Å². The van der Waals surface area contributed by atoms with Crippen molar-refractivity contribution in [2.45, 2.75) is 63.6 Å². The van der Waals surface area contributed by atoms with Crippen LogP contribution in [0.5, 0.6) is 0 Å². The SMILES string of the molecule is COC(=O)C1CCCCC1OC(=O)OC1CCCCC1C(=O)CO. The van der Waals surface area contributed by atoms with Crippen molar-refractivity contribution in [3.8, 4) is 0 Å². The number of methoxy groups -OCH3 is 1. The predicted octanol–water partition coefficient (Wildman–Crippen LogP) is 1.99. The molecule has 4 unspecified atom stereocenters. The van der Waals surface area contributed by atoms with Crippen LogP contribution >= 0.6 is 0 Å². The van der Waals surface area contributed by atoms with Crippen molar-refractivity contribution >= 4 is 17.9 Å². The molecule has 0 radical (unpaired) electrons. The van der Waals surface area contributed by atoms with E-state index in [9.17, 15) is 14.4 Å². The average molecular weight is 342 g/mol. The number of rotatable bonds is 5. The van der Waals surface area contributed by atoms with E-state index in [2.05, 4.69) is 0 Å². The Hall–Kier alpha value is -1.63. The van der Waals surface area contributed by atoms with Gasteiger partial charge in [-0.2, -0.15) is 0 Å². The zero-order valence-corrected chi connectivity index (χ0v) is 14.1. The molecule has 2 aliphatic rings. The molecule has 0 amide bonds. The molecule has 2 fully saturated rings. The lowest BCUT2D eigenvalue weighted by molar-refractivity contribution is -0.152. The van der Waals surface area contributed by atoms with Gasteiger partial charge < -0.3 is 19.3 Å². The molecule has 2 aliphatic carbocycles. The van der Waals surface area contributed by atoms with Crippen LogP contribution in [0, 0.1) is 11.8 Å². The van der Waals surface area contributed by atoms with Gasteiger partial charge in [-0.3, -0.25) is 9.59 Å². The fourth-order valence-electron chi connectivity index (χ4n) is 3.66. The monoisotopic (exact) mass is 342 g/mol. The first-order chi connectivity index (χ1) is 11.6. The number of aliphatic hydroxyl groups is 1. The Morgan fingerprint density at radius 1 is 0.875 bits per heavy atom. The minimum Gasteiger partial charge on any atom is -0.469 e. The molecular weight excluding hydrogens is 316 g/mol. The number of aliphatic hydroxyl groups excluding tert-OH is 1. The number of carbonyl (C=O) groups is 3. The predicted molar refractivity (Wildman–Crippen MR) is 83.2 cm³/mol. The molecule has 7 heteroatoms. The van der Waals surface area contributed by atoms with E-state index in [0.29, 0.717) is 25.7 Å². The van der Waals surface area contributed by atoms with Crippen LogP contribution in [0.2, 0.25) is 0 Å². The quantitative estimate of drug-likeness (QED) is 0.763. The minimum atomic E-state index is -0.849. The zero-order chi connectivity index (χ0) is 17.5. The Morgan fingerprint density at radius 2 is 1.38 bits per heavy atom. The van der Waals surface area contributed by atoms with E-state index < -0.39 is 36.8 Å². The fraction of sp³-hybridized carbons (Fsp3) is 0.824. The highest BCUT2D eigenvalue weighted by atomic mass is 16.7. The van der Waals surface area contributed by atoms with Gasteiger partial charge in [0.15, 0.2) is 5.78 Å². The lowest BCUT2D eigenvalue weighted by atomic mass is 9.83. The highest BCUT2D eigenvalue weighted by molar-refractivity contribution is 5.83. The molecule has 0 aromatic heterocycles. The molecule has 0 saturated heterocycles. The zero-order valence-electron chi connectivity index (χ0n) is 14.1. The molecule has 0 aromatic carbocycles. The summed E-state index contributed by atoms with van der Waals surface area (Å²) in [5.41, 5.74) is 0. The second kappa shape index (κ2) is 9.01. The summed E-state index contributed by atoms with van der Waals surface area (Å²) in [6, 6.07) is 0. The van der Waals surface area contributed by atoms with E-state index in [1.165, 1.54) is 7.11 Å². The number of ether oxygens (including phenoxy) is 3. The number of hydrogen-bond acceptors (Lipinski definition) is 7. The molecule has 24 heavy (non-hydrogen) atoms. The van der Waals surface area contributed by atoms with E-state index in [0.717, 1.165) is 25.7 Å². The topological polar surface area (TPSA) is 99.1 Å². The van der Waals surface area contributed by atoms with Crippen molar-refractivity contribution in [1.29, 1.82) is 0 Å². The highest BCUT2D eigenvalue weighted by Gasteiger charge is 2.37. The molecule has 1 N–H and O–H groups in total. The summed E-state index contributed by atoms with van der Waals surface area (Å²) in [4.78, 5) is 35.7. The van der Waals surface area contributed by atoms with Gasteiger partial charge >= 0.3 is 12.1 Å². The number of hydrogen-bond donors (Lipinski definition) is 1. The van der Waals surface area contributed by atoms with Crippen molar-refractivity contribution in [2.24, 2.45) is 11.8 Å². The average Bonchev–Trinajstić information content (AvgIpc) is 2.61. The summed E-state index contributed by atoms with van der Waals surface area (Å²) in [5.74, 6) is -1.62. The molecule has 0 heterocycles. The van der Waals surface area contributed by atoms with Gasteiger partial charge in [-0.25, -0.2) is 4.79 Å². The number of Topliss-reactive ketones (excluding diaryl/α,β-unsaturated/α-hetero) is 1. The Bertz CT molecular complexity index is 422. The first-order valence-corrected chi connectivity index (χ1v) is 8.65. The first-order valence-electron chi connectivity index (χ1n) is 8.65. The van der Waals surface area contributed by atoms with Crippen LogP contribution in [-0.4, -0.2) is 48.9 Å². The third kappa shape index (κ3) is 4.69. The summed E-state index contributed by atoms with van der Waals surface area (Å²) in [6.07, 6.45) is 3.95. The minimum absolute atomic E-state index is 0.308. The van der Waals surface area contributed by atoms with Crippen LogP contribution in [0.1, 0.15) is 51.4 Å². The first kappa shape index (κ1) is 18.7. The number of ketones is 1. The third-order valence-corrected chi connectivity index (χ3v) is 4.97. The fourth-order valence-corrected chi connectivity index (χ4v) is 3.66. The second-order valence-electron chi connectivity index (χ2n) is 6.49. The maximum Gasteiger partial charge on any atom is 0.508 e. The van der Waals surface area contributed by atoms with Crippen LogP contribution in [0.3, 0.4) is 0 Å². The van der Waals surface area contributed by atoms with Crippen molar-refractivity contribution in [1.82, 2.24) is 0 Å². The van der Waals surface area contributed by atoms with Gasteiger partial charge in [-0.1, -0.05) is 12.8 Å². The van der Waals surface area contributed by atoms with Crippen molar-refractivity contribution in [2.75, 3.05) is 13.7 Å². The lowest BCUT2D eigenvalue weighted by Crippen LogP contribution is -2.40. The molecule has 0 spiro atoms. The molecule has 2 saturated carbocycles. The van der Waals surface area contributed by atoms with Crippen LogP contribution < -0.4 is 0 Å². The van der Waals surface area contributed by atoms with Crippen molar-refractivity contribution < 1.29 is 33.7 Å². The molecule has 7 nitrogen and oxygen atoms in total. The number of carbonyl (C=O) groups excluding carboxylic acids is 3. The molecule has 0 bridgehead atoms. The summed E-state index contributed by atoms with van der Waals surface area (Å²) < 4.78 is 15.5. The second-order valence-corrected chi connectivity index (χ2v) is 6.49. The molecule has 0 aliphatic heterocycles. The normalized spacial score (nSPS) is 30.2. The van der Waals surface area contributed by atoms with Crippen molar-refractivity contribution in [3.05, 3.63) is 0 Å². The van der Waals surface area contributed by atoms with Gasteiger partial charge in [-0.15, -0.1) is 0 Å².